The molecule has 0 N–H and O–H groups in total. The van der Waals surface area contributed by atoms with Crippen LogP contribution in [0.25, 0.3) is 0 Å². The van der Waals surface area contributed by atoms with Gasteiger partial charge in [-0.05, 0) is 20.3 Å². The molecule has 0 aromatic heterocycles. The summed E-state index contributed by atoms with van der Waals surface area (Å²) in [7, 11) is 0. The molecule has 0 aromatic rings. The van der Waals surface area contributed by atoms with Gasteiger partial charge in [-0.1, -0.05) is 0 Å². The average Bonchev–Trinajstić information content (AvgIpc) is 2.03. The molecule has 0 aliphatic carbocycles. The predicted octanol–water partition coefficient (Wildman–Crippen LogP) is 1.00. The highest BCUT2D eigenvalue weighted by Gasteiger charge is 2.46. The molecule has 4 heteroatoms. The molecule has 3 saturated heterocycles. The highest BCUT2D eigenvalue weighted by Crippen LogP contribution is 2.31. The lowest BCUT2D eigenvalue weighted by Crippen LogP contribution is -2.65. The molecule has 1 amide bonds. The fourth-order valence-corrected chi connectivity index (χ4v) is 1.90. The molecule has 3 heterocycles. The summed E-state index contributed by atoms with van der Waals surface area (Å²) in [5.41, 5.74) is 0. The lowest BCUT2D eigenvalue weighted by Gasteiger charge is -2.51. The van der Waals surface area contributed by atoms with Crippen LogP contribution in [0.2, 0.25) is 0 Å². The SMILES string of the molecule is CC(C)OC(=O)N1C2COCC1C2. The molecular weight excluding hydrogens is 170 g/mol. The van der Waals surface area contributed by atoms with E-state index in [0.717, 1.165) is 6.42 Å². The van der Waals surface area contributed by atoms with Crippen molar-refractivity contribution in [1.29, 1.82) is 0 Å². The number of morpholine rings is 1. The van der Waals surface area contributed by atoms with E-state index in [1.165, 1.54) is 0 Å². The number of hydrogen-bond acceptors (Lipinski definition) is 3. The summed E-state index contributed by atoms with van der Waals surface area (Å²) in [5, 5.41) is 0. The minimum absolute atomic E-state index is 0.0326. The molecule has 2 atom stereocenters. The van der Waals surface area contributed by atoms with Crippen molar-refractivity contribution in [3.63, 3.8) is 0 Å². The second-order valence-corrected chi connectivity index (χ2v) is 3.92. The number of nitrogens with zero attached hydrogens (tertiary/aromatic N) is 1. The van der Waals surface area contributed by atoms with Crippen molar-refractivity contribution in [3.05, 3.63) is 0 Å². The lowest BCUT2D eigenvalue weighted by molar-refractivity contribution is -0.116. The first-order valence-corrected chi connectivity index (χ1v) is 4.75. The molecule has 3 aliphatic rings. The molecule has 2 unspecified atom stereocenters. The van der Waals surface area contributed by atoms with Gasteiger partial charge in [0.1, 0.15) is 0 Å². The molecule has 74 valence electrons. The Bertz CT molecular complexity index is 203. The van der Waals surface area contributed by atoms with E-state index < -0.39 is 0 Å². The largest absolute Gasteiger partial charge is 0.447 e. The third kappa shape index (κ3) is 1.50. The van der Waals surface area contributed by atoms with E-state index in [4.69, 9.17) is 9.47 Å². The Hall–Kier alpha value is -0.770. The molecular formula is C9H15NO3. The summed E-state index contributed by atoms with van der Waals surface area (Å²) in [6, 6.07) is 0.537. The Morgan fingerprint density at radius 3 is 2.54 bits per heavy atom. The van der Waals surface area contributed by atoms with Crippen LogP contribution in [0.15, 0.2) is 0 Å². The van der Waals surface area contributed by atoms with Gasteiger partial charge in [-0.25, -0.2) is 4.79 Å². The van der Waals surface area contributed by atoms with Gasteiger partial charge in [0, 0.05) is 0 Å². The van der Waals surface area contributed by atoms with E-state index in [9.17, 15) is 4.79 Å². The number of ether oxygens (including phenoxy) is 2. The molecule has 3 aliphatic heterocycles. The van der Waals surface area contributed by atoms with Gasteiger partial charge in [-0.2, -0.15) is 0 Å². The summed E-state index contributed by atoms with van der Waals surface area (Å²) in [4.78, 5) is 13.3. The monoisotopic (exact) mass is 185 g/mol. The molecule has 4 nitrogen and oxygen atoms in total. The Balaban J connectivity index is 1.91. The Labute approximate surface area is 77.8 Å². The van der Waals surface area contributed by atoms with Gasteiger partial charge in [0.2, 0.25) is 0 Å². The van der Waals surface area contributed by atoms with Crippen LogP contribution in [-0.4, -0.2) is 42.4 Å². The molecule has 0 aromatic carbocycles. The number of amides is 1. The van der Waals surface area contributed by atoms with Crippen molar-refractivity contribution < 1.29 is 14.3 Å². The minimum Gasteiger partial charge on any atom is -0.447 e. The maximum Gasteiger partial charge on any atom is 0.410 e. The van der Waals surface area contributed by atoms with Crippen LogP contribution in [0.4, 0.5) is 4.79 Å². The van der Waals surface area contributed by atoms with Crippen LogP contribution < -0.4 is 0 Å². The summed E-state index contributed by atoms with van der Waals surface area (Å²) in [6.45, 7) is 5.07. The van der Waals surface area contributed by atoms with Gasteiger partial charge in [-0.3, -0.25) is 4.90 Å². The van der Waals surface area contributed by atoms with Gasteiger partial charge in [0.25, 0.3) is 0 Å². The first-order chi connectivity index (χ1) is 6.18. The van der Waals surface area contributed by atoms with Crippen molar-refractivity contribution in [2.45, 2.75) is 38.5 Å². The first-order valence-electron chi connectivity index (χ1n) is 4.75. The second-order valence-electron chi connectivity index (χ2n) is 3.92. The maximum atomic E-state index is 11.5. The molecule has 3 fully saturated rings. The van der Waals surface area contributed by atoms with E-state index in [0.29, 0.717) is 13.2 Å². The Morgan fingerprint density at radius 1 is 1.46 bits per heavy atom. The maximum absolute atomic E-state index is 11.5. The molecule has 13 heavy (non-hydrogen) atoms. The van der Waals surface area contributed by atoms with Crippen LogP contribution in [0, 0.1) is 0 Å². The summed E-state index contributed by atoms with van der Waals surface area (Å²) < 4.78 is 10.4. The van der Waals surface area contributed by atoms with Crippen molar-refractivity contribution in [1.82, 2.24) is 4.90 Å². The Kier molecular flexibility index (Phi) is 2.15. The number of carbonyl (C=O) groups is 1. The van der Waals surface area contributed by atoms with E-state index in [1.807, 2.05) is 18.7 Å². The number of hydrogen-bond donors (Lipinski definition) is 0. The van der Waals surface area contributed by atoms with Crippen molar-refractivity contribution in [2.75, 3.05) is 13.2 Å². The highest BCUT2D eigenvalue weighted by atomic mass is 16.6. The fraction of sp³-hybridized carbons (Fsp3) is 0.889. The van der Waals surface area contributed by atoms with Crippen molar-refractivity contribution in [2.24, 2.45) is 0 Å². The molecule has 0 radical (unpaired) electrons. The fourth-order valence-electron chi connectivity index (χ4n) is 1.90. The van der Waals surface area contributed by atoms with Gasteiger partial charge in [-0.15, -0.1) is 0 Å². The summed E-state index contributed by atoms with van der Waals surface area (Å²) in [6.07, 6.45) is 0.863. The van der Waals surface area contributed by atoms with Crippen molar-refractivity contribution in [3.8, 4) is 0 Å². The number of fused-ring (bicyclic) bond motifs is 2. The normalized spacial score (nSPS) is 31.5. The topological polar surface area (TPSA) is 38.8 Å². The summed E-state index contributed by atoms with van der Waals surface area (Å²) >= 11 is 0. The van der Waals surface area contributed by atoms with Crippen LogP contribution >= 0.6 is 0 Å². The molecule has 0 saturated carbocycles. The highest BCUT2D eigenvalue weighted by molar-refractivity contribution is 5.70. The third-order valence-corrected chi connectivity index (χ3v) is 2.50. The standard InChI is InChI=1S/C9H15NO3/c1-6(2)13-9(11)10-7-3-8(10)5-12-4-7/h6-8H,3-5H2,1-2H3. The van der Waals surface area contributed by atoms with E-state index in [1.54, 1.807) is 0 Å². The first kappa shape index (κ1) is 8.81. The zero-order valence-electron chi connectivity index (χ0n) is 8.03. The van der Waals surface area contributed by atoms with E-state index >= 15 is 0 Å². The van der Waals surface area contributed by atoms with Gasteiger partial charge in [0.05, 0.1) is 31.4 Å². The molecule has 0 spiro atoms. The van der Waals surface area contributed by atoms with Crippen LogP contribution in [0.3, 0.4) is 0 Å². The lowest BCUT2D eigenvalue weighted by atomic mass is 9.92. The Morgan fingerprint density at radius 2 is 2.08 bits per heavy atom. The van der Waals surface area contributed by atoms with Crippen LogP contribution in [0.1, 0.15) is 20.3 Å². The zero-order valence-corrected chi connectivity index (χ0v) is 8.03. The molecule has 2 bridgehead atoms. The van der Waals surface area contributed by atoms with Crippen LogP contribution in [0.5, 0.6) is 0 Å². The quantitative estimate of drug-likeness (QED) is 0.612. The zero-order chi connectivity index (χ0) is 9.42. The van der Waals surface area contributed by atoms with Gasteiger partial charge < -0.3 is 9.47 Å². The number of rotatable bonds is 1. The molecule has 3 rings (SSSR count). The number of carbonyl (C=O) groups excluding carboxylic acids is 1. The minimum atomic E-state index is -0.181. The smallest absolute Gasteiger partial charge is 0.410 e. The third-order valence-electron chi connectivity index (χ3n) is 2.50. The van der Waals surface area contributed by atoms with Crippen LogP contribution in [-0.2, 0) is 9.47 Å². The predicted molar refractivity (Wildman–Crippen MR) is 46.5 cm³/mol. The average molecular weight is 185 g/mol. The van der Waals surface area contributed by atoms with E-state index in [2.05, 4.69) is 0 Å². The van der Waals surface area contributed by atoms with Gasteiger partial charge in [0.15, 0.2) is 0 Å². The van der Waals surface area contributed by atoms with E-state index in [-0.39, 0.29) is 24.3 Å². The van der Waals surface area contributed by atoms with Gasteiger partial charge >= 0.3 is 6.09 Å². The van der Waals surface area contributed by atoms with Crippen molar-refractivity contribution >= 4 is 6.09 Å². The second kappa shape index (κ2) is 3.18. The summed E-state index contributed by atoms with van der Waals surface area (Å²) in [5.74, 6) is 0.